The zero-order chi connectivity index (χ0) is 19.3. The predicted octanol–water partition coefficient (Wildman–Crippen LogP) is 3.87. The summed E-state index contributed by atoms with van der Waals surface area (Å²) in [6.07, 6.45) is -4.78. The van der Waals surface area contributed by atoms with Gasteiger partial charge in [-0.2, -0.15) is 18.2 Å². The summed E-state index contributed by atoms with van der Waals surface area (Å²) in [6, 6.07) is 6.00. The van der Waals surface area contributed by atoms with E-state index < -0.39 is 28.6 Å². The first kappa shape index (κ1) is 18.1. The number of carbonyl (C=O) groups is 1. The SMILES string of the molecule is CC1(C)CC(=O)NN1[C@@H](c1cccc2ccc([N+](=O)[O-])cc12)C(F)(F)F. The second-order valence-corrected chi connectivity index (χ2v) is 6.85. The fourth-order valence-electron chi connectivity index (χ4n) is 3.32. The van der Waals surface area contributed by atoms with Crippen molar-refractivity contribution in [2.75, 3.05) is 0 Å². The maximum Gasteiger partial charge on any atom is 0.409 e. The van der Waals surface area contributed by atoms with Gasteiger partial charge in [0.15, 0.2) is 6.04 Å². The van der Waals surface area contributed by atoms with Crippen LogP contribution in [-0.4, -0.2) is 27.6 Å². The average Bonchev–Trinajstić information content (AvgIpc) is 2.78. The summed E-state index contributed by atoms with van der Waals surface area (Å²) in [5.41, 5.74) is 0.782. The van der Waals surface area contributed by atoms with E-state index in [1.54, 1.807) is 6.07 Å². The Balaban J connectivity index is 2.24. The number of nitro groups is 1. The van der Waals surface area contributed by atoms with Gasteiger partial charge in [0.1, 0.15) is 0 Å². The van der Waals surface area contributed by atoms with Crippen molar-refractivity contribution in [2.45, 2.75) is 38.0 Å². The van der Waals surface area contributed by atoms with E-state index in [1.165, 1.54) is 38.1 Å². The fraction of sp³-hybridized carbons (Fsp3) is 0.353. The highest BCUT2D eigenvalue weighted by molar-refractivity contribution is 5.88. The van der Waals surface area contributed by atoms with Crippen LogP contribution in [0.2, 0.25) is 0 Å². The highest BCUT2D eigenvalue weighted by atomic mass is 19.4. The lowest BCUT2D eigenvalue weighted by molar-refractivity contribution is -0.384. The number of rotatable bonds is 3. The zero-order valence-corrected chi connectivity index (χ0v) is 14.0. The Kier molecular flexibility index (Phi) is 4.14. The number of halogens is 3. The summed E-state index contributed by atoms with van der Waals surface area (Å²) < 4.78 is 42.0. The first-order valence-corrected chi connectivity index (χ1v) is 7.83. The molecule has 0 aliphatic carbocycles. The van der Waals surface area contributed by atoms with Crippen molar-refractivity contribution in [3.63, 3.8) is 0 Å². The minimum atomic E-state index is -4.70. The van der Waals surface area contributed by atoms with Gasteiger partial charge >= 0.3 is 6.18 Å². The largest absolute Gasteiger partial charge is 0.409 e. The van der Waals surface area contributed by atoms with Gasteiger partial charge in [-0.3, -0.25) is 20.3 Å². The van der Waals surface area contributed by atoms with Crippen molar-refractivity contribution in [2.24, 2.45) is 0 Å². The summed E-state index contributed by atoms with van der Waals surface area (Å²) in [6.45, 7) is 3.08. The summed E-state index contributed by atoms with van der Waals surface area (Å²) in [5.74, 6) is -0.504. The Bertz CT molecular complexity index is 896. The van der Waals surface area contributed by atoms with E-state index in [4.69, 9.17) is 0 Å². The number of hydrogen-bond acceptors (Lipinski definition) is 4. The number of nitro benzene ring substituents is 1. The van der Waals surface area contributed by atoms with E-state index in [9.17, 15) is 28.1 Å². The molecule has 138 valence electrons. The topological polar surface area (TPSA) is 75.5 Å². The molecule has 2 aromatic carbocycles. The number of fused-ring (bicyclic) bond motifs is 1. The Morgan fingerprint density at radius 1 is 1.27 bits per heavy atom. The van der Waals surface area contributed by atoms with Crippen molar-refractivity contribution in [1.82, 2.24) is 10.4 Å². The smallest absolute Gasteiger partial charge is 0.287 e. The lowest BCUT2D eigenvalue weighted by Gasteiger charge is -2.38. The van der Waals surface area contributed by atoms with Gasteiger partial charge in [0.2, 0.25) is 5.91 Å². The third kappa shape index (κ3) is 3.10. The molecule has 9 heteroatoms. The van der Waals surface area contributed by atoms with Crippen LogP contribution in [0, 0.1) is 10.1 Å². The highest BCUT2D eigenvalue weighted by Gasteiger charge is 2.53. The molecular weight excluding hydrogens is 351 g/mol. The standard InChI is InChI=1S/C17H16F3N3O3/c1-16(2)9-14(24)21-22(16)15(17(18,19)20)12-5-3-4-10-6-7-11(23(25)26)8-13(10)12/h3-8,15H,9H2,1-2H3,(H,21,24)/t15-/m0/s1. The van der Waals surface area contributed by atoms with E-state index in [0.29, 0.717) is 5.39 Å². The van der Waals surface area contributed by atoms with Gasteiger partial charge in [-0.1, -0.05) is 18.2 Å². The summed E-state index contributed by atoms with van der Waals surface area (Å²) in [5, 5.41) is 12.5. The molecule has 1 saturated heterocycles. The van der Waals surface area contributed by atoms with E-state index in [2.05, 4.69) is 5.43 Å². The highest BCUT2D eigenvalue weighted by Crippen LogP contribution is 2.45. The molecule has 6 nitrogen and oxygen atoms in total. The van der Waals surface area contributed by atoms with Gasteiger partial charge < -0.3 is 0 Å². The number of carbonyl (C=O) groups excluding carboxylic acids is 1. The van der Waals surface area contributed by atoms with E-state index in [0.717, 1.165) is 11.1 Å². The fourth-order valence-corrected chi connectivity index (χ4v) is 3.32. The van der Waals surface area contributed by atoms with Gasteiger partial charge in [0.05, 0.1) is 4.92 Å². The number of benzene rings is 2. The molecule has 0 bridgehead atoms. The zero-order valence-electron chi connectivity index (χ0n) is 14.0. The molecule has 0 unspecified atom stereocenters. The monoisotopic (exact) mass is 367 g/mol. The number of hydrogen-bond donors (Lipinski definition) is 1. The molecule has 0 aromatic heterocycles. The van der Waals surface area contributed by atoms with Crippen LogP contribution in [0.1, 0.15) is 31.9 Å². The minimum Gasteiger partial charge on any atom is -0.287 e. The summed E-state index contributed by atoms with van der Waals surface area (Å²) in [4.78, 5) is 22.1. The Morgan fingerprint density at radius 2 is 1.96 bits per heavy atom. The van der Waals surface area contributed by atoms with Crippen molar-refractivity contribution in [3.8, 4) is 0 Å². The second kappa shape index (κ2) is 5.94. The maximum absolute atomic E-state index is 14.0. The molecule has 0 radical (unpaired) electrons. The van der Waals surface area contributed by atoms with Crippen LogP contribution in [0.4, 0.5) is 18.9 Å². The third-order valence-corrected chi connectivity index (χ3v) is 4.46. The van der Waals surface area contributed by atoms with Crippen LogP contribution < -0.4 is 5.43 Å². The molecule has 26 heavy (non-hydrogen) atoms. The Labute approximate surface area is 146 Å². The third-order valence-electron chi connectivity index (χ3n) is 4.46. The Hall–Kier alpha value is -2.68. The molecule has 1 fully saturated rings. The maximum atomic E-state index is 14.0. The molecule has 1 heterocycles. The molecule has 1 atom stereocenters. The number of hydrazine groups is 1. The molecule has 3 rings (SSSR count). The van der Waals surface area contributed by atoms with E-state index >= 15 is 0 Å². The van der Waals surface area contributed by atoms with Gasteiger partial charge in [-0.05, 0) is 36.2 Å². The van der Waals surface area contributed by atoms with Crippen LogP contribution in [0.3, 0.4) is 0 Å². The number of amides is 1. The first-order valence-electron chi connectivity index (χ1n) is 7.83. The lowest BCUT2D eigenvalue weighted by Crippen LogP contribution is -2.51. The predicted molar refractivity (Wildman–Crippen MR) is 88.1 cm³/mol. The molecule has 1 aliphatic rings. The van der Waals surface area contributed by atoms with Gasteiger partial charge in [0, 0.05) is 24.1 Å². The lowest BCUT2D eigenvalue weighted by atomic mass is 9.93. The van der Waals surface area contributed by atoms with Crippen LogP contribution in [0.5, 0.6) is 0 Å². The van der Waals surface area contributed by atoms with Crippen LogP contribution >= 0.6 is 0 Å². The molecule has 0 spiro atoms. The molecule has 1 N–H and O–H groups in total. The van der Waals surface area contributed by atoms with Crippen molar-refractivity contribution in [1.29, 1.82) is 0 Å². The first-order chi connectivity index (χ1) is 12.0. The molecular formula is C17H16F3N3O3. The van der Waals surface area contributed by atoms with Crippen molar-refractivity contribution >= 4 is 22.4 Å². The van der Waals surface area contributed by atoms with Gasteiger partial charge in [-0.25, -0.2) is 0 Å². The number of nitrogens with zero attached hydrogens (tertiary/aromatic N) is 2. The molecule has 0 saturated carbocycles. The van der Waals surface area contributed by atoms with E-state index in [-0.39, 0.29) is 23.1 Å². The van der Waals surface area contributed by atoms with Crippen LogP contribution in [0.25, 0.3) is 10.8 Å². The van der Waals surface area contributed by atoms with Crippen molar-refractivity contribution in [3.05, 3.63) is 52.1 Å². The molecule has 1 aliphatic heterocycles. The average molecular weight is 367 g/mol. The minimum absolute atomic E-state index is 0.0789. The normalized spacial score (nSPS) is 18.7. The number of alkyl halides is 3. The van der Waals surface area contributed by atoms with Gasteiger partial charge in [0.25, 0.3) is 5.69 Å². The van der Waals surface area contributed by atoms with Gasteiger partial charge in [-0.15, -0.1) is 0 Å². The van der Waals surface area contributed by atoms with Crippen LogP contribution in [0.15, 0.2) is 36.4 Å². The van der Waals surface area contributed by atoms with E-state index in [1.807, 2.05) is 0 Å². The summed E-state index contributed by atoms with van der Waals surface area (Å²) in [7, 11) is 0. The van der Waals surface area contributed by atoms with Crippen molar-refractivity contribution < 1.29 is 22.9 Å². The second-order valence-electron chi connectivity index (χ2n) is 6.85. The number of nitrogens with one attached hydrogen (secondary N) is 1. The number of non-ortho nitro benzene ring substituents is 1. The summed E-state index contributed by atoms with van der Waals surface area (Å²) >= 11 is 0. The molecule has 2 aromatic rings. The molecule has 1 amide bonds. The quantitative estimate of drug-likeness (QED) is 0.660. The Morgan fingerprint density at radius 3 is 2.50 bits per heavy atom. The van der Waals surface area contributed by atoms with Crippen LogP contribution in [-0.2, 0) is 4.79 Å².